The van der Waals surface area contributed by atoms with E-state index in [9.17, 15) is 4.79 Å². The van der Waals surface area contributed by atoms with Gasteiger partial charge in [-0.25, -0.2) is 0 Å². The minimum absolute atomic E-state index is 0.222. The lowest BCUT2D eigenvalue weighted by atomic mass is 10.0. The normalized spacial score (nSPS) is 12.8. The summed E-state index contributed by atoms with van der Waals surface area (Å²) in [5.41, 5.74) is 3.37. The van der Waals surface area contributed by atoms with Crippen molar-refractivity contribution in [3.8, 4) is 5.75 Å². The molecule has 0 aromatic heterocycles. The van der Waals surface area contributed by atoms with Gasteiger partial charge >= 0.3 is 0 Å². The van der Waals surface area contributed by atoms with Crippen LogP contribution in [-0.2, 0) is 24.1 Å². The summed E-state index contributed by atoms with van der Waals surface area (Å²) in [7, 11) is 0. The van der Waals surface area contributed by atoms with Crippen molar-refractivity contribution in [2.75, 3.05) is 6.61 Å². The molecule has 2 nitrogen and oxygen atoms in total. The predicted molar refractivity (Wildman–Crippen MR) is 84.1 cm³/mol. The SMILES string of the molecule is O=C(CCc1ccc2c(c1)CCO2)Cc1ccccc1Cl. The summed E-state index contributed by atoms with van der Waals surface area (Å²) in [6, 6.07) is 13.7. The number of rotatable bonds is 5. The van der Waals surface area contributed by atoms with Crippen molar-refractivity contribution in [2.24, 2.45) is 0 Å². The van der Waals surface area contributed by atoms with Crippen LogP contribution in [-0.4, -0.2) is 12.4 Å². The number of ketones is 1. The number of fused-ring (bicyclic) bond motifs is 1. The number of carbonyl (C=O) groups is 1. The van der Waals surface area contributed by atoms with Gasteiger partial charge in [-0.1, -0.05) is 41.9 Å². The molecule has 1 aliphatic heterocycles. The Morgan fingerprint density at radius 1 is 1.19 bits per heavy atom. The van der Waals surface area contributed by atoms with E-state index in [4.69, 9.17) is 16.3 Å². The number of halogens is 1. The lowest BCUT2D eigenvalue weighted by Gasteiger charge is -2.05. The van der Waals surface area contributed by atoms with Crippen LogP contribution in [0.15, 0.2) is 42.5 Å². The lowest BCUT2D eigenvalue weighted by molar-refractivity contribution is -0.118. The number of benzene rings is 2. The van der Waals surface area contributed by atoms with Gasteiger partial charge in [0.25, 0.3) is 0 Å². The van der Waals surface area contributed by atoms with Gasteiger partial charge in [-0.2, -0.15) is 0 Å². The van der Waals surface area contributed by atoms with Gasteiger partial charge in [0.05, 0.1) is 6.61 Å². The molecule has 21 heavy (non-hydrogen) atoms. The van der Waals surface area contributed by atoms with Crippen molar-refractivity contribution in [3.05, 3.63) is 64.2 Å². The van der Waals surface area contributed by atoms with Crippen LogP contribution in [0.4, 0.5) is 0 Å². The van der Waals surface area contributed by atoms with E-state index < -0.39 is 0 Å². The second kappa shape index (κ2) is 6.31. The number of hydrogen-bond acceptors (Lipinski definition) is 2. The van der Waals surface area contributed by atoms with Crippen LogP contribution in [0, 0.1) is 0 Å². The molecule has 3 heteroatoms. The molecular weight excluding hydrogens is 284 g/mol. The molecule has 0 spiro atoms. The van der Waals surface area contributed by atoms with Gasteiger partial charge in [-0.3, -0.25) is 4.79 Å². The van der Waals surface area contributed by atoms with Gasteiger partial charge in [0.2, 0.25) is 0 Å². The molecule has 0 saturated carbocycles. The fourth-order valence-electron chi connectivity index (χ4n) is 2.62. The van der Waals surface area contributed by atoms with Crippen molar-refractivity contribution in [2.45, 2.75) is 25.7 Å². The van der Waals surface area contributed by atoms with E-state index in [0.717, 1.165) is 30.8 Å². The summed E-state index contributed by atoms with van der Waals surface area (Å²) in [5, 5.41) is 0.667. The molecule has 0 bridgehead atoms. The van der Waals surface area contributed by atoms with Crippen molar-refractivity contribution in [1.29, 1.82) is 0 Å². The standard InChI is InChI=1S/C18H17ClO2/c19-17-4-2-1-3-14(17)12-16(20)7-5-13-6-8-18-15(11-13)9-10-21-18/h1-4,6,8,11H,5,7,9-10,12H2. The Kier molecular flexibility index (Phi) is 4.26. The molecule has 0 aliphatic carbocycles. The lowest BCUT2D eigenvalue weighted by Crippen LogP contribution is -2.05. The summed E-state index contributed by atoms with van der Waals surface area (Å²) in [6.07, 6.45) is 2.70. The first kappa shape index (κ1) is 14.2. The Labute approximate surface area is 129 Å². The third-order valence-corrected chi connectivity index (χ3v) is 4.16. The van der Waals surface area contributed by atoms with Gasteiger partial charge in [0, 0.05) is 24.3 Å². The second-order valence-electron chi connectivity index (χ2n) is 5.35. The van der Waals surface area contributed by atoms with Crippen molar-refractivity contribution >= 4 is 17.4 Å². The highest BCUT2D eigenvalue weighted by Gasteiger charge is 2.13. The molecule has 108 valence electrons. The minimum atomic E-state index is 0.222. The van der Waals surface area contributed by atoms with E-state index >= 15 is 0 Å². The highest BCUT2D eigenvalue weighted by molar-refractivity contribution is 6.31. The maximum atomic E-state index is 12.1. The summed E-state index contributed by atoms with van der Waals surface area (Å²) < 4.78 is 5.49. The van der Waals surface area contributed by atoms with Gasteiger partial charge < -0.3 is 4.74 Å². The van der Waals surface area contributed by atoms with E-state index in [1.165, 1.54) is 11.1 Å². The fourth-order valence-corrected chi connectivity index (χ4v) is 2.82. The monoisotopic (exact) mass is 300 g/mol. The molecule has 0 N–H and O–H groups in total. The zero-order chi connectivity index (χ0) is 14.7. The Morgan fingerprint density at radius 3 is 2.90 bits per heavy atom. The Balaban J connectivity index is 1.58. The van der Waals surface area contributed by atoms with Gasteiger partial charge in [-0.05, 0) is 35.2 Å². The molecular formula is C18H17ClO2. The third kappa shape index (κ3) is 3.45. The highest BCUT2D eigenvalue weighted by atomic mass is 35.5. The average Bonchev–Trinajstić information content (AvgIpc) is 2.95. The van der Waals surface area contributed by atoms with Crippen molar-refractivity contribution in [1.82, 2.24) is 0 Å². The number of Topliss-reactive ketones (excluding diaryl/α,β-unsaturated/α-hetero) is 1. The molecule has 2 aromatic rings. The van der Waals surface area contributed by atoms with E-state index in [-0.39, 0.29) is 5.78 Å². The van der Waals surface area contributed by atoms with Gasteiger partial charge in [-0.15, -0.1) is 0 Å². The Bertz CT molecular complexity index is 664. The van der Waals surface area contributed by atoms with E-state index in [2.05, 4.69) is 6.07 Å². The van der Waals surface area contributed by atoms with E-state index in [0.29, 0.717) is 17.9 Å². The van der Waals surface area contributed by atoms with Crippen molar-refractivity contribution < 1.29 is 9.53 Å². The Hall–Kier alpha value is -1.80. The zero-order valence-corrected chi connectivity index (χ0v) is 12.5. The fraction of sp³-hybridized carbons (Fsp3) is 0.278. The molecule has 0 unspecified atom stereocenters. The maximum Gasteiger partial charge on any atom is 0.137 e. The highest BCUT2D eigenvalue weighted by Crippen LogP contribution is 2.26. The van der Waals surface area contributed by atoms with Crippen molar-refractivity contribution in [3.63, 3.8) is 0 Å². The molecule has 0 atom stereocenters. The van der Waals surface area contributed by atoms with Gasteiger partial charge in [0.1, 0.15) is 11.5 Å². The van der Waals surface area contributed by atoms with Crippen LogP contribution in [0.2, 0.25) is 5.02 Å². The number of ether oxygens (including phenoxy) is 1. The van der Waals surface area contributed by atoms with Crippen LogP contribution in [0.5, 0.6) is 5.75 Å². The number of carbonyl (C=O) groups excluding carboxylic acids is 1. The zero-order valence-electron chi connectivity index (χ0n) is 11.8. The predicted octanol–water partition coefficient (Wildman–Crippen LogP) is 4.02. The second-order valence-corrected chi connectivity index (χ2v) is 5.75. The first-order chi connectivity index (χ1) is 10.2. The average molecular weight is 301 g/mol. The number of hydrogen-bond donors (Lipinski definition) is 0. The van der Waals surface area contributed by atoms with Gasteiger partial charge in [0.15, 0.2) is 0 Å². The molecule has 0 fully saturated rings. The molecule has 0 radical (unpaired) electrons. The first-order valence-electron chi connectivity index (χ1n) is 7.22. The molecule has 1 aliphatic rings. The molecule has 2 aromatic carbocycles. The topological polar surface area (TPSA) is 26.3 Å². The summed E-state index contributed by atoms with van der Waals surface area (Å²) in [4.78, 5) is 12.1. The molecule has 0 amide bonds. The van der Waals surface area contributed by atoms with E-state index in [1.54, 1.807) is 0 Å². The molecule has 1 heterocycles. The van der Waals surface area contributed by atoms with E-state index in [1.807, 2.05) is 36.4 Å². The minimum Gasteiger partial charge on any atom is -0.493 e. The molecule has 0 saturated heterocycles. The Morgan fingerprint density at radius 2 is 2.05 bits per heavy atom. The summed E-state index contributed by atoms with van der Waals surface area (Å²) >= 11 is 6.08. The summed E-state index contributed by atoms with van der Waals surface area (Å²) in [5.74, 6) is 1.21. The summed E-state index contributed by atoms with van der Waals surface area (Å²) in [6.45, 7) is 0.768. The quantitative estimate of drug-likeness (QED) is 0.833. The van der Waals surface area contributed by atoms with Crippen LogP contribution in [0.3, 0.4) is 0 Å². The third-order valence-electron chi connectivity index (χ3n) is 3.79. The number of aryl methyl sites for hydroxylation is 1. The first-order valence-corrected chi connectivity index (χ1v) is 7.60. The van der Waals surface area contributed by atoms with Crippen LogP contribution in [0.25, 0.3) is 0 Å². The molecule has 3 rings (SSSR count). The van der Waals surface area contributed by atoms with Crippen LogP contribution >= 0.6 is 11.6 Å². The van der Waals surface area contributed by atoms with Crippen LogP contribution < -0.4 is 4.74 Å². The van der Waals surface area contributed by atoms with Crippen LogP contribution in [0.1, 0.15) is 23.1 Å². The maximum absolute atomic E-state index is 12.1. The largest absolute Gasteiger partial charge is 0.493 e. The smallest absolute Gasteiger partial charge is 0.137 e.